The van der Waals surface area contributed by atoms with E-state index in [9.17, 15) is 8.42 Å². The lowest BCUT2D eigenvalue weighted by atomic mass is 10.3. The van der Waals surface area contributed by atoms with Crippen LogP contribution in [0.15, 0.2) is 0 Å². The van der Waals surface area contributed by atoms with Crippen LogP contribution in [0.3, 0.4) is 0 Å². The molecule has 0 aromatic heterocycles. The third-order valence-electron chi connectivity index (χ3n) is 3.33. The van der Waals surface area contributed by atoms with Gasteiger partial charge in [0.05, 0.1) is 0 Å². The lowest BCUT2D eigenvalue weighted by Gasteiger charge is -2.27. The Morgan fingerprint density at radius 3 is 2.35 bits per heavy atom. The number of piperazine rings is 1. The van der Waals surface area contributed by atoms with Crippen LogP contribution in [0.5, 0.6) is 0 Å². The Morgan fingerprint density at radius 2 is 1.71 bits per heavy atom. The van der Waals surface area contributed by atoms with E-state index < -0.39 is 10.2 Å². The highest BCUT2D eigenvalue weighted by Gasteiger charge is 2.24. The van der Waals surface area contributed by atoms with Gasteiger partial charge in [0.1, 0.15) is 0 Å². The standard InChI is InChI=1S/C10H22N4O2S/c15-17(16,14-6-1-2-7-14)12-5-10-13-8-3-11-4-9-13/h11-12H,1-10H2. The van der Waals surface area contributed by atoms with Crippen molar-refractivity contribution >= 4 is 10.2 Å². The molecule has 7 heteroatoms. The molecule has 2 saturated heterocycles. The Bertz CT molecular complexity index is 321. The van der Waals surface area contributed by atoms with Gasteiger partial charge in [0.15, 0.2) is 0 Å². The average molecular weight is 262 g/mol. The molecule has 100 valence electrons. The molecule has 2 N–H and O–H groups in total. The second-order valence-electron chi connectivity index (χ2n) is 4.60. The summed E-state index contributed by atoms with van der Waals surface area (Å²) in [6, 6.07) is 0. The molecule has 2 aliphatic heterocycles. The number of hydrogen-bond acceptors (Lipinski definition) is 4. The topological polar surface area (TPSA) is 64.7 Å². The van der Waals surface area contributed by atoms with Crippen LogP contribution < -0.4 is 10.0 Å². The van der Waals surface area contributed by atoms with Gasteiger partial charge in [-0.2, -0.15) is 12.7 Å². The third kappa shape index (κ3) is 3.89. The minimum absolute atomic E-state index is 0.513. The molecule has 0 saturated carbocycles. The zero-order valence-corrected chi connectivity index (χ0v) is 11.0. The SMILES string of the molecule is O=S(=O)(NCCN1CCNCC1)N1CCCC1. The van der Waals surface area contributed by atoms with Crippen LogP contribution in [0, 0.1) is 0 Å². The van der Waals surface area contributed by atoms with Crippen LogP contribution in [0.25, 0.3) is 0 Å². The monoisotopic (exact) mass is 262 g/mol. The van der Waals surface area contributed by atoms with E-state index in [1.54, 1.807) is 4.31 Å². The van der Waals surface area contributed by atoms with Gasteiger partial charge in [-0.3, -0.25) is 4.90 Å². The lowest BCUT2D eigenvalue weighted by Crippen LogP contribution is -2.47. The summed E-state index contributed by atoms with van der Waals surface area (Å²) in [6.45, 7) is 6.66. The maximum atomic E-state index is 11.9. The first-order chi connectivity index (χ1) is 8.18. The molecule has 2 aliphatic rings. The highest BCUT2D eigenvalue weighted by atomic mass is 32.2. The summed E-state index contributed by atoms with van der Waals surface area (Å²) in [5.41, 5.74) is 0. The summed E-state index contributed by atoms with van der Waals surface area (Å²) in [6.07, 6.45) is 1.97. The normalized spacial score (nSPS) is 24.2. The second-order valence-corrected chi connectivity index (χ2v) is 6.35. The van der Waals surface area contributed by atoms with Crippen LogP contribution in [0.2, 0.25) is 0 Å². The summed E-state index contributed by atoms with van der Waals surface area (Å²) in [7, 11) is -3.22. The minimum Gasteiger partial charge on any atom is -0.314 e. The van der Waals surface area contributed by atoms with E-state index in [0.29, 0.717) is 19.6 Å². The number of nitrogens with zero attached hydrogens (tertiary/aromatic N) is 2. The first-order valence-corrected chi connectivity index (χ1v) is 7.80. The van der Waals surface area contributed by atoms with Crippen LogP contribution in [0.1, 0.15) is 12.8 Å². The second kappa shape index (κ2) is 6.10. The Hall–Kier alpha value is -0.210. The highest BCUT2D eigenvalue weighted by Crippen LogP contribution is 2.10. The number of nitrogens with one attached hydrogen (secondary N) is 2. The summed E-state index contributed by atoms with van der Waals surface area (Å²) in [4.78, 5) is 2.28. The van der Waals surface area contributed by atoms with E-state index in [-0.39, 0.29) is 0 Å². The molecule has 0 amide bonds. The maximum absolute atomic E-state index is 11.9. The molecule has 6 nitrogen and oxygen atoms in total. The van der Waals surface area contributed by atoms with Gasteiger partial charge in [0.25, 0.3) is 10.2 Å². The van der Waals surface area contributed by atoms with Crippen molar-refractivity contribution in [1.82, 2.24) is 19.2 Å². The lowest BCUT2D eigenvalue weighted by molar-refractivity contribution is 0.244. The molecule has 0 bridgehead atoms. The maximum Gasteiger partial charge on any atom is 0.279 e. The van der Waals surface area contributed by atoms with Crippen molar-refractivity contribution in [3.05, 3.63) is 0 Å². The third-order valence-corrected chi connectivity index (χ3v) is 4.94. The number of hydrogen-bond donors (Lipinski definition) is 2. The van der Waals surface area contributed by atoms with Gasteiger partial charge in [-0.05, 0) is 12.8 Å². The van der Waals surface area contributed by atoms with Crippen molar-refractivity contribution in [2.24, 2.45) is 0 Å². The Balaban J connectivity index is 1.69. The summed E-state index contributed by atoms with van der Waals surface area (Å²) in [5.74, 6) is 0. The average Bonchev–Trinajstić information content (AvgIpc) is 2.84. The summed E-state index contributed by atoms with van der Waals surface area (Å²) in [5, 5.41) is 3.28. The molecule has 2 heterocycles. The molecule has 2 fully saturated rings. The fourth-order valence-corrected chi connectivity index (χ4v) is 3.56. The van der Waals surface area contributed by atoms with Crippen LogP contribution >= 0.6 is 0 Å². The predicted molar refractivity (Wildman–Crippen MR) is 67.0 cm³/mol. The molecular formula is C10H22N4O2S. The van der Waals surface area contributed by atoms with Crippen molar-refractivity contribution < 1.29 is 8.42 Å². The van der Waals surface area contributed by atoms with Crippen LogP contribution in [-0.4, -0.2) is 70.0 Å². The van der Waals surface area contributed by atoms with E-state index in [4.69, 9.17) is 0 Å². The van der Waals surface area contributed by atoms with Gasteiger partial charge < -0.3 is 5.32 Å². The highest BCUT2D eigenvalue weighted by molar-refractivity contribution is 7.87. The van der Waals surface area contributed by atoms with Crippen molar-refractivity contribution in [2.45, 2.75) is 12.8 Å². The molecule has 2 rings (SSSR count). The minimum atomic E-state index is -3.22. The van der Waals surface area contributed by atoms with Crippen molar-refractivity contribution in [2.75, 3.05) is 52.4 Å². The molecule has 0 aromatic rings. The van der Waals surface area contributed by atoms with Crippen LogP contribution in [-0.2, 0) is 10.2 Å². The van der Waals surface area contributed by atoms with Gasteiger partial charge >= 0.3 is 0 Å². The van der Waals surface area contributed by atoms with Gasteiger partial charge in [-0.25, -0.2) is 4.72 Å². The molecule has 0 radical (unpaired) electrons. The summed E-state index contributed by atoms with van der Waals surface area (Å²) < 4.78 is 27.9. The van der Waals surface area contributed by atoms with Gasteiger partial charge in [0.2, 0.25) is 0 Å². The fourth-order valence-electron chi connectivity index (χ4n) is 2.29. The van der Waals surface area contributed by atoms with E-state index in [1.165, 1.54) is 0 Å². The zero-order chi connectivity index (χ0) is 12.1. The fraction of sp³-hybridized carbons (Fsp3) is 1.00. The van der Waals surface area contributed by atoms with Crippen LogP contribution in [0.4, 0.5) is 0 Å². The molecular weight excluding hydrogens is 240 g/mol. The van der Waals surface area contributed by atoms with Gasteiger partial charge in [-0.1, -0.05) is 0 Å². The zero-order valence-electron chi connectivity index (χ0n) is 10.2. The van der Waals surface area contributed by atoms with Crippen molar-refractivity contribution in [3.8, 4) is 0 Å². The first kappa shape index (κ1) is 13.2. The Morgan fingerprint density at radius 1 is 1.06 bits per heavy atom. The Labute approximate surface area is 104 Å². The molecule has 0 atom stereocenters. The molecule has 0 spiro atoms. The van der Waals surface area contributed by atoms with E-state index in [2.05, 4.69) is 14.9 Å². The predicted octanol–water partition coefficient (Wildman–Crippen LogP) is -1.18. The van der Waals surface area contributed by atoms with E-state index in [1.807, 2.05) is 0 Å². The van der Waals surface area contributed by atoms with Gasteiger partial charge in [-0.15, -0.1) is 0 Å². The smallest absolute Gasteiger partial charge is 0.279 e. The van der Waals surface area contributed by atoms with Crippen molar-refractivity contribution in [3.63, 3.8) is 0 Å². The Kier molecular flexibility index (Phi) is 4.75. The molecule has 0 aromatic carbocycles. The van der Waals surface area contributed by atoms with Crippen molar-refractivity contribution in [1.29, 1.82) is 0 Å². The van der Waals surface area contributed by atoms with Gasteiger partial charge in [0, 0.05) is 52.4 Å². The molecule has 0 unspecified atom stereocenters. The number of rotatable bonds is 5. The van der Waals surface area contributed by atoms with E-state index >= 15 is 0 Å². The molecule has 0 aliphatic carbocycles. The largest absolute Gasteiger partial charge is 0.314 e. The molecule has 17 heavy (non-hydrogen) atoms. The van der Waals surface area contributed by atoms with E-state index in [0.717, 1.165) is 45.6 Å². The first-order valence-electron chi connectivity index (χ1n) is 6.36. The summed E-state index contributed by atoms with van der Waals surface area (Å²) >= 11 is 0. The quantitative estimate of drug-likeness (QED) is 0.655.